The fraction of sp³-hybridized carbons (Fsp3) is 0.438. The second kappa shape index (κ2) is 5.19. The van der Waals surface area contributed by atoms with Gasteiger partial charge in [0.2, 0.25) is 0 Å². The summed E-state index contributed by atoms with van der Waals surface area (Å²) in [4.78, 5) is 36.6. The van der Waals surface area contributed by atoms with Gasteiger partial charge >= 0.3 is 5.97 Å². The molecule has 1 aliphatic rings. The number of hydrogen-bond donors (Lipinski definition) is 0. The molecule has 0 spiro atoms. The first-order valence-corrected chi connectivity index (χ1v) is 6.79. The van der Waals surface area contributed by atoms with Crippen LogP contribution < -0.4 is 0 Å². The van der Waals surface area contributed by atoms with Gasteiger partial charge in [0.05, 0.1) is 0 Å². The molecule has 1 aromatic rings. The van der Waals surface area contributed by atoms with Gasteiger partial charge in [0, 0.05) is 24.8 Å². The molecule has 0 heterocycles. The number of carbonyl (C=O) groups excluding carboxylic acids is 3. The predicted octanol–water partition coefficient (Wildman–Crippen LogP) is 2.19. The van der Waals surface area contributed by atoms with Crippen LogP contribution in [0.1, 0.15) is 38.3 Å². The topological polar surface area (TPSA) is 60.4 Å². The minimum absolute atomic E-state index is 0.139. The second-order valence-electron chi connectivity index (χ2n) is 5.18. The average molecular weight is 274 g/mol. The molecule has 0 N–H and O–H groups in total. The van der Waals surface area contributed by atoms with Gasteiger partial charge in [0.1, 0.15) is 0 Å². The lowest BCUT2D eigenvalue weighted by Crippen LogP contribution is -2.52. The summed E-state index contributed by atoms with van der Waals surface area (Å²) in [6.45, 7) is 4.65. The fourth-order valence-electron chi connectivity index (χ4n) is 2.86. The van der Waals surface area contributed by atoms with Crippen LogP contribution in [0.3, 0.4) is 0 Å². The lowest BCUT2D eigenvalue weighted by Gasteiger charge is -2.37. The Morgan fingerprint density at radius 2 is 2.00 bits per heavy atom. The van der Waals surface area contributed by atoms with Gasteiger partial charge in [-0.25, -0.2) is 0 Å². The zero-order valence-electron chi connectivity index (χ0n) is 11.9. The molecular weight excluding hydrogens is 256 g/mol. The third kappa shape index (κ3) is 2.05. The molecule has 0 aromatic heterocycles. The lowest BCUT2D eigenvalue weighted by molar-refractivity contribution is -0.175. The first-order chi connectivity index (χ1) is 9.43. The molecule has 0 bridgehead atoms. The summed E-state index contributed by atoms with van der Waals surface area (Å²) in [6, 6.07) is 7.19. The summed E-state index contributed by atoms with van der Waals surface area (Å²) in [5, 5.41) is 0. The number of ketones is 2. The number of carbonyl (C=O) groups is 3. The highest BCUT2D eigenvalue weighted by Gasteiger charge is 2.54. The van der Waals surface area contributed by atoms with Crippen molar-refractivity contribution in [1.82, 2.24) is 0 Å². The molecule has 4 nitrogen and oxygen atoms in total. The monoisotopic (exact) mass is 274 g/mol. The largest absolute Gasteiger partial charge is 0.438 e. The van der Waals surface area contributed by atoms with E-state index in [1.807, 2.05) is 12.1 Å². The first-order valence-electron chi connectivity index (χ1n) is 6.79. The van der Waals surface area contributed by atoms with E-state index >= 15 is 0 Å². The van der Waals surface area contributed by atoms with Crippen molar-refractivity contribution in [1.29, 1.82) is 0 Å². The van der Waals surface area contributed by atoms with Gasteiger partial charge in [-0.1, -0.05) is 38.1 Å². The zero-order valence-corrected chi connectivity index (χ0v) is 11.9. The Bertz CT molecular complexity index is 576. The van der Waals surface area contributed by atoms with Crippen LogP contribution in [0.15, 0.2) is 24.3 Å². The van der Waals surface area contributed by atoms with Gasteiger partial charge < -0.3 is 4.74 Å². The van der Waals surface area contributed by atoms with E-state index in [2.05, 4.69) is 0 Å². The third-order valence-corrected chi connectivity index (χ3v) is 3.73. The zero-order chi connectivity index (χ0) is 14.9. The Labute approximate surface area is 118 Å². The van der Waals surface area contributed by atoms with Crippen molar-refractivity contribution in [3.05, 3.63) is 35.4 Å². The van der Waals surface area contributed by atoms with Crippen molar-refractivity contribution < 1.29 is 19.1 Å². The van der Waals surface area contributed by atoms with E-state index < -0.39 is 11.6 Å². The molecule has 4 heteroatoms. The van der Waals surface area contributed by atoms with E-state index in [1.54, 1.807) is 26.0 Å². The van der Waals surface area contributed by atoms with Crippen LogP contribution >= 0.6 is 0 Å². The Morgan fingerprint density at radius 3 is 2.60 bits per heavy atom. The molecule has 0 fully saturated rings. The molecule has 0 amide bonds. The Morgan fingerprint density at radius 1 is 1.35 bits per heavy atom. The van der Waals surface area contributed by atoms with Gasteiger partial charge in [-0.2, -0.15) is 0 Å². The molecule has 1 aromatic carbocycles. The molecule has 0 saturated heterocycles. The minimum atomic E-state index is -1.76. The second-order valence-corrected chi connectivity index (χ2v) is 5.18. The fourth-order valence-corrected chi connectivity index (χ4v) is 2.86. The predicted molar refractivity (Wildman–Crippen MR) is 73.1 cm³/mol. The van der Waals surface area contributed by atoms with Crippen molar-refractivity contribution in [2.75, 3.05) is 0 Å². The van der Waals surface area contributed by atoms with E-state index in [0.717, 1.165) is 5.56 Å². The number of rotatable bonds is 3. The van der Waals surface area contributed by atoms with Gasteiger partial charge in [-0.05, 0) is 12.0 Å². The van der Waals surface area contributed by atoms with Crippen LogP contribution in [0, 0.1) is 5.92 Å². The van der Waals surface area contributed by atoms with Crippen LogP contribution in [-0.2, 0) is 31.1 Å². The van der Waals surface area contributed by atoms with Crippen molar-refractivity contribution in [3.63, 3.8) is 0 Å². The van der Waals surface area contributed by atoms with E-state index in [0.29, 0.717) is 12.0 Å². The molecule has 2 rings (SSSR count). The number of Topliss-reactive ketones (excluding diaryl/α,β-unsaturated/α-hetero) is 2. The van der Waals surface area contributed by atoms with Gasteiger partial charge in [-0.3, -0.25) is 14.4 Å². The van der Waals surface area contributed by atoms with Crippen molar-refractivity contribution in [2.24, 2.45) is 5.92 Å². The van der Waals surface area contributed by atoms with Crippen molar-refractivity contribution in [3.8, 4) is 0 Å². The Kier molecular flexibility index (Phi) is 3.75. The van der Waals surface area contributed by atoms with E-state index in [1.165, 1.54) is 6.92 Å². The highest BCUT2D eigenvalue weighted by atomic mass is 16.6. The summed E-state index contributed by atoms with van der Waals surface area (Å²) in [5.41, 5.74) is -0.345. The molecule has 2 atom stereocenters. The number of fused-ring (bicyclic) bond motifs is 1. The maximum Gasteiger partial charge on any atom is 0.304 e. The maximum absolute atomic E-state index is 12.6. The smallest absolute Gasteiger partial charge is 0.304 e. The van der Waals surface area contributed by atoms with Crippen LogP contribution in [-0.4, -0.2) is 17.5 Å². The number of ether oxygens (including phenoxy) is 1. The molecule has 0 unspecified atom stereocenters. The van der Waals surface area contributed by atoms with Gasteiger partial charge in [0.25, 0.3) is 5.60 Å². The molecule has 106 valence electrons. The summed E-state index contributed by atoms with van der Waals surface area (Å²) >= 11 is 0. The van der Waals surface area contributed by atoms with Crippen molar-refractivity contribution >= 4 is 17.5 Å². The molecule has 0 radical (unpaired) electrons. The van der Waals surface area contributed by atoms with Crippen LogP contribution in [0.4, 0.5) is 0 Å². The Balaban J connectivity index is 2.72. The SMILES string of the molecule is CCC(=O)[C@@]1(OC(C)=O)C(=O)[C@@H](C)Cc2ccccc21. The summed E-state index contributed by atoms with van der Waals surface area (Å²) in [6.07, 6.45) is 0.703. The van der Waals surface area contributed by atoms with E-state index in [9.17, 15) is 14.4 Å². The summed E-state index contributed by atoms with van der Waals surface area (Å²) in [5.74, 6) is -1.65. The molecule has 1 aliphatic carbocycles. The van der Waals surface area contributed by atoms with Crippen LogP contribution in [0.25, 0.3) is 0 Å². The maximum atomic E-state index is 12.6. The third-order valence-electron chi connectivity index (χ3n) is 3.73. The van der Waals surface area contributed by atoms with Gasteiger partial charge in [-0.15, -0.1) is 0 Å². The highest BCUT2D eigenvalue weighted by molar-refractivity contribution is 6.13. The average Bonchev–Trinajstić information content (AvgIpc) is 2.42. The molecule has 0 aliphatic heterocycles. The molecule has 20 heavy (non-hydrogen) atoms. The van der Waals surface area contributed by atoms with Gasteiger partial charge in [0.15, 0.2) is 11.6 Å². The van der Waals surface area contributed by atoms with Crippen LogP contribution in [0.2, 0.25) is 0 Å². The summed E-state index contributed by atoms with van der Waals surface area (Å²) < 4.78 is 5.30. The lowest BCUT2D eigenvalue weighted by atomic mass is 9.70. The number of esters is 1. The highest BCUT2D eigenvalue weighted by Crippen LogP contribution is 2.40. The standard InChI is InChI=1S/C16H18O4/c1-4-14(18)16(20-11(3)17)13-8-6-5-7-12(13)9-10(2)15(16)19/h5-8,10H,4,9H2,1-3H3/t10-,16+/m0/s1. The number of hydrogen-bond acceptors (Lipinski definition) is 4. The minimum Gasteiger partial charge on any atom is -0.438 e. The van der Waals surface area contributed by atoms with Crippen LogP contribution in [0.5, 0.6) is 0 Å². The van der Waals surface area contributed by atoms with E-state index in [-0.39, 0.29) is 23.9 Å². The summed E-state index contributed by atoms with van der Waals surface area (Å²) in [7, 11) is 0. The number of benzene rings is 1. The van der Waals surface area contributed by atoms with E-state index in [4.69, 9.17) is 4.74 Å². The first kappa shape index (κ1) is 14.4. The Hall–Kier alpha value is -1.97. The normalized spacial score (nSPS) is 24.9. The molecular formula is C16H18O4. The molecule has 0 saturated carbocycles. The van der Waals surface area contributed by atoms with Crippen molar-refractivity contribution in [2.45, 2.75) is 39.2 Å². The quantitative estimate of drug-likeness (QED) is 0.626.